The topological polar surface area (TPSA) is 97.9 Å². The Labute approximate surface area is 188 Å². The summed E-state index contributed by atoms with van der Waals surface area (Å²) in [6.07, 6.45) is 3.85. The second kappa shape index (κ2) is 8.34. The molecule has 4 heterocycles. The van der Waals surface area contributed by atoms with Gasteiger partial charge in [-0.1, -0.05) is 0 Å². The molecule has 0 saturated carbocycles. The number of pyridine rings is 1. The van der Waals surface area contributed by atoms with Gasteiger partial charge in [-0.25, -0.2) is 18.1 Å². The predicted octanol–water partition coefficient (Wildman–Crippen LogP) is 1.23. The van der Waals surface area contributed by atoms with Crippen molar-refractivity contribution in [1.29, 1.82) is 0 Å². The molecule has 2 N–H and O–H groups in total. The lowest BCUT2D eigenvalue weighted by atomic mass is 10.1. The van der Waals surface area contributed by atoms with Gasteiger partial charge in [0.15, 0.2) is 5.82 Å². The number of amides is 1. The Kier molecular flexibility index (Phi) is 5.52. The molecule has 1 unspecified atom stereocenters. The molecule has 170 valence electrons. The fourth-order valence-electron chi connectivity index (χ4n) is 4.79. The Morgan fingerprint density at radius 2 is 1.88 bits per heavy atom. The summed E-state index contributed by atoms with van der Waals surface area (Å²) in [7, 11) is -2.00. The summed E-state index contributed by atoms with van der Waals surface area (Å²) in [6.45, 7) is 5.20. The van der Waals surface area contributed by atoms with Crippen LogP contribution >= 0.6 is 0 Å². The van der Waals surface area contributed by atoms with E-state index in [0.29, 0.717) is 0 Å². The SMILES string of the molecule is CNS(=O)(=O)c1ccc(N2CCN(Cc3cnc4c(c3)NC(=O)C3CCCN43)CC2)cc1. The first-order chi connectivity index (χ1) is 15.4. The lowest BCUT2D eigenvalue weighted by Crippen LogP contribution is -2.46. The average molecular weight is 457 g/mol. The number of carbonyl (C=O) groups is 1. The number of hydrogen-bond acceptors (Lipinski definition) is 7. The Morgan fingerprint density at radius 3 is 2.59 bits per heavy atom. The van der Waals surface area contributed by atoms with Crippen LogP contribution < -0.4 is 19.8 Å². The summed E-state index contributed by atoms with van der Waals surface area (Å²) in [5.74, 6) is 0.973. The molecule has 2 saturated heterocycles. The lowest BCUT2D eigenvalue weighted by Gasteiger charge is -2.36. The second-order valence-electron chi connectivity index (χ2n) is 8.52. The van der Waals surface area contributed by atoms with Gasteiger partial charge in [0, 0.05) is 51.2 Å². The maximum atomic E-state index is 12.4. The van der Waals surface area contributed by atoms with Crippen LogP contribution in [0.5, 0.6) is 0 Å². The van der Waals surface area contributed by atoms with Gasteiger partial charge in [-0.2, -0.15) is 0 Å². The van der Waals surface area contributed by atoms with Crippen LogP contribution in [0.15, 0.2) is 41.4 Å². The molecule has 5 rings (SSSR count). The van der Waals surface area contributed by atoms with Crippen molar-refractivity contribution in [2.45, 2.75) is 30.3 Å². The number of sulfonamides is 1. The third-order valence-electron chi connectivity index (χ3n) is 6.57. The van der Waals surface area contributed by atoms with Crippen LogP contribution in [0.1, 0.15) is 18.4 Å². The molecule has 3 aliphatic heterocycles. The van der Waals surface area contributed by atoms with Gasteiger partial charge in [0.1, 0.15) is 6.04 Å². The van der Waals surface area contributed by atoms with Gasteiger partial charge in [-0.05, 0) is 55.8 Å². The van der Waals surface area contributed by atoms with E-state index >= 15 is 0 Å². The van der Waals surface area contributed by atoms with Crippen LogP contribution in [0, 0.1) is 0 Å². The molecule has 2 aromatic rings. The highest BCUT2D eigenvalue weighted by molar-refractivity contribution is 7.89. The van der Waals surface area contributed by atoms with Gasteiger partial charge in [-0.3, -0.25) is 9.69 Å². The number of fused-ring (bicyclic) bond motifs is 3. The Hall–Kier alpha value is -2.69. The number of anilines is 3. The smallest absolute Gasteiger partial charge is 0.247 e. The molecule has 1 aromatic heterocycles. The van der Waals surface area contributed by atoms with E-state index < -0.39 is 10.0 Å². The third-order valence-corrected chi connectivity index (χ3v) is 8.00. The fourth-order valence-corrected chi connectivity index (χ4v) is 5.52. The first-order valence-electron chi connectivity index (χ1n) is 11.0. The second-order valence-corrected chi connectivity index (χ2v) is 10.4. The molecule has 1 aromatic carbocycles. The summed E-state index contributed by atoms with van der Waals surface area (Å²) in [5.41, 5.74) is 2.94. The van der Waals surface area contributed by atoms with Crippen molar-refractivity contribution in [3.05, 3.63) is 42.1 Å². The van der Waals surface area contributed by atoms with E-state index in [2.05, 4.69) is 35.8 Å². The van der Waals surface area contributed by atoms with E-state index in [1.165, 1.54) is 7.05 Å². The van der Waals surface area contributed by atoms with E-state index in [4.69, 9.17) is 0 Å². The van der Waals surface area contributed by atoms with Gasteiger partial charge >= 0.3 is 0 Å². The van der Waals surface area contributed by atoms with Crippen LogP contribution in [0.25, 0.3) is 0 Å². The summed E-state index contributed by atoms with van der Waals surface area (Å²) in [6, 6.07) is 9.00. The number of carbonyl (C=O) groups excluding carboxylic acids is 1. The zero-order valence-corrected chi connectivity index (χ0v) is 18.9. The first-order valence-corrected chi connectivity index (χ1v) is 12.5. The number of nitrogens with zero attached hydrogens (tertiary/aromatic N) is 4. The molecule has 10 heteroatoms. The monoisotopic (exact) mass is 456 g/mol. The highest BCUT2D eigenvalue weighted by atomic mass is 32.2. The van der Waals surface area contributed by atoms with Crippen LogP contribution in [0.2, 0.25) is 0 Å². The molecule has 1 atom stereocenters. The number of piperazine rings is 1. The van der Waals surface area contributed by atoms with E-state index in [1.807, 2.05) is 18.3 Å². The van der Waals surface area contributed by atoms with Crippen molar-refractivity contribution < 1.29 is 13.2 Å². The molecule has 0 aliphatic carbocycles. The van der Waals surface area contributed by atoms with Crippen LogP contribution in [0.4, 0.5) is 17.2 Å². The maximum absolute atomic E-state index is 12.4. The van der Waals surface area contributed by atoms with Crippen LogP contribution in [0.3, 0.4) is 0 Å². The predicted molar refractivity (Wildman–Crippen MR) is 123 cm³/mol. The number of nitrogens with one attached hydrogen (secondary N) is 2. The average Bonchev–Trinajstić information content (AvgIpc) is 3.31. The number of aromatic nitrogens is 1. The molecule has 0 bridgehead atoms. The van der Waals surface area contributed by atoms with Crippen molar-refractivity contribution in [1.82, 2.24) is 14.6 Å². The largest absolute Gasteiger partial charge is 0.369 e. The number of hydrogen-bond donors (Lipinski definition) is 2. The standard InChI is InChI=1S/C22H28N6O3S/c1-23-32(30,31)18-6-4-17(5-7-18)27-11-9-26(10-12-27)15-16-13-19-21(24-14-16)28-8-2-3-20(28)22(29)25-19/h4-7,13-14,20,23H,2-3,8-12,15H2,1H3,(H,25,29). The molecule has 0 spiro atoms. The minimum absolute atomic E-state index is 0.0682. The lowest BCUT2D eigenvalue weighted by molar-refractivity contribution is -0.117. The molecule has 2 fully saturated rings. The highest BCUT2D eigenvalue weighted by Gasteiger charge is 2.37. The highest BCUT2D eigenvalue weighted by Crippen LogP contribution is 2.35. The zero-order chi connectivity index (χ0) is 22.3. The molecule has 1 amide bonds. The van der Waals surface area contributed by atoms with Crippen LogP contribution in [-0.4, -0.2) is 70.0 Å². The zero-order valence-electron chi connectivity index (χ0n) is 18.1. The maximum Gasteiger partial charge on any atom is 0.247 e. The van der Waals surface area contributed by atoms with Crippen molar-refractivity contribution in [2.24, 2.45) is 0 Å². The van der Waals surface area contributed by atoms with Crippen molar-refractivity contribution >= 4 is 33.1 Å². The van der Waals surface area contributed by atoms with Crippen LogP contribution in [-0.2, 0) is 21.4 Å². The van der Waals surface area contributed by atoms with Crippen molar-refractivity contribution in [3.63, 3.8) is 0 Å². The van der Waals surface area contributed by atoms with E-state index in [0.717, 1.165) is 74.9 Å². The van der Waals surface area contributed by atoms with Gasteiger partial charge in [0.2, 0.25) is 15.9 Å². The molecule has 9 nitrogen and oxygen atoms in total. The molecule has 3 aliphatic rings. The Morgan fingerprint density at radius 1 is 1.12 bits per heavy atom. The first kappa shape index (κ1) is 21.2. The number of rotatable bonds is 5. The molecule has 32 heavy (non-hydrogen) atoms. The van der Waals surface area contributed by atoms with E-state index in [-0.39, 0.29) is 16.8 Å². The summed E-state index contributed by atoms with van der Waals surface area (Å²) >= 11 is 0. The van der Waals surface area contributed by atoms with E-state index in [9.17, 15) is 13.2 Å². The van der Waals surface area contributed by atoms with Gasteiger partial charge in [0.25, 0.3) is 0 Å². The fraction of sp³-hybridized carbons (Fsp3) is 0.455. The molecular formula is C22H28N6O3S. The summed E-state index contributed by atoms with van der Waals surface area (Å²) in [5, 5.41) is 3.04. The molecular weight excluding hydrogens is 428 g/mol. The summed E-state index contributed by atoms with van der Waals surface area (Å²) in [4.78, 5) is 24.1. The minimum atomic E-state index is -3.42. The van der Waals surface area contributed by atoms with Gasteiger partial charge in [0.05, 0.1) is 10.6 Å². The summed E-state index contributed by atoms with van der Waals surface area (Å²) < 4.78 is 26.1. The normalized spacial score (nSPS) is 21.3. The number of benzene rings is 1. The van der Waals surface area contributed by atoms with Crippen molar-refractivity contribution in [3.8, 4) is 0 Å². The Bertz CT molecular complexity index is 1110. The van der Waals surface area contributed by atoms with Gasteiger partial charge < -0.3 is 15.1 Å². The van der Waals surface area contributed by atoms with Crippen molar-refractivity contribution in [2.75, 3.05) is 54.9 Å². The van der Waals surface area contributed by atoms with E-state index in [1.54, 1.807) is 12.1 Å². The quantitative estimate of drug-likeness (QED) is 0.698. The third kappa shape index (κ3) is 3.94. The Balaban J connectivity index is 1.20. The van der Waals surface area contributed by atoms with Gasteiger partial charge in [-0.15, -0.1) is 0 Å². The minimum Gasteiger partial charge on any atom is -0.369 e. The molecule has 0 radical (unpaired) electrons.